The van der Waals surface area contributed by atoms with Crippen LogP contribution >= 0.6 is 0 Å². The fraction of sp³-hybridized carbons (Fsp3) is 0.682. The van der Waals surface area contributed by atoms with Gasteiger partial charge >= 0.3 is 0 Å². The second-order valence-corrected chi connectivity index (χ2v) is 8.12. The van der Waals surface area contributed by atoms with Gasteiger partial charge in [-0.1, -0.05) is 13.0 Å². The molecule has 2 saturated heterocycles. The molecule has 0 aliphatic carbocycles. The number of rotatable bonds is 4. The number of aromatic nitrogens is 1. The van der Waals surface area contributed by atoms with Crippen LogP contribution < -0.4 is 5.32 Å². The molecule has 0 radical (unpaired) electrons. The normalized spacial score (nSPS) is 23.3. The largest absolute Gasteiger partial charge is 0.356 e. The Morgan fingerprint density at radius 3 is 2.69 bits per heavy atom. The summed E-state index contributed by atoms with van der Waals surface area (Å²) in [7, 11) is 0. The van der Waals surface area contributed by atoms with Gasteiger partial charge in [-0.25, -0.2) is 0 Å². The van der Waals surface area contributed by atoms with Gasteiger partial charge in [0.2, 0.25) is 11.8 Å². The standard InChI is InChI=1S/C22H35N5O2/c1-2-25-13-15-27(16-14-25)22(29)20-6-4-11-26(12-8-21(28)24-10-7-20)18-19-5-3-9-23-17-19/h3,5,9,17,20H,2,4,6-8,10-16,18H2,1H3,(H,24,28). The first-order valence-electron chi connectivity index (χ1n) is 11.0. The Bertz CT molecular complexity index is 646. The highest BCUT2D eigenvalue weighted by molar-refractivity contribution is 5.79. The van der Waals surface area contributed by atoms with Gasteiger partial charge in [-0.2, -0.15) is 0 Å². The van der Waals surface area contributed by atoms with E-state index < -0.39 is 0 Å². The third-order valence-corrected chi connectivity index (χ3v) is 6.11. The molecule has 160 valence electrons. The van der Waals surface area contributed by atoms with E-state index in [2.05, 4.69) is 33.1 Å². The first kappa shape index (κ1) is 21.7. The molecule has 0 aromatic carbocycles. The minimum absolute atomic E-state index is 0.00168. The number of hydrogen-bond acceptors (Lipinski definition) is 5. The summed E-state index contributed by atoms with van der Waals surface area (Å²) in [5.41, 5.74) is 1.16. The topological polar surface area (TPSA) is 68.8 Å². The van der Waals surface area contributed by atoms with Crippen LogP contribution in [0.5, 0.6) is 0 Å². The fourth-order valence-corrected chi connectivity index (χ4v) is 4.25. The molecule has 3 heterocycles. The van der Waals surface area contributed by atoms with Crippen LogP contribution in [-0.2, 0) is 16.1 Å². The summed E-state index contributed by atoms with van der Waals surface area (Å²) >= 11 is 0. The average molecular weight is 402 g/mol. The second kappa shape index (κ2) is 11.3. The quantitative estimate of drug-likeness (QED) is 0.825. The van der Waals surface area contributed by atoms with Crippen LogP contribution in [0.1, 0.15) is 38.2 Å². The van der Waals surface area contributed by atoms with E-state index in [4.69, 9.17) is 0 Å². The zero-order chi connectivity index (χ0) is 20.5. The van der Waals surface area contributed by atoms with Crippen LogP contribution in [0.25, 0.3) is 0 Å². The molecule has 7 heteroatoms. The molecule has 1 aromatic heterocycles. The third-order valence-electron chi connectivity index (χ3n) is 6.11. The summed E-state index contributed by atoms with van der Waals surface area (Å²) in [6, 6.07) is 4.02. The molecule has 2 fully saturated rings. The Morgan fingerprint density at radius 2 is 1.97 bits per heavy atom. The van der Waals surface area contributed by atoms with Gasteiger partial charge in [0.1, 0.15) is 0 Å². The van der Waals surface area contributed by atoms with Crippen molar-refractivity contribution >= 4 is 11.8 Å². The number of nitrogens with zero attached hydrogens (tertiary/aromatic N) is 4. The highest BCUT2D eigenvalue weighted by Crippen LogP contribution is 2.18. The maximum Gasteiger partial charge on any atom is 0.225 e. The number of pyridine rings is 1. The highest BCUT2D eigenvalue weighted by atomic mass is 16.2. The zero-order valence-corrected chi connectivity index (χ0v) is 17.7. The van der Waals surface area contributed by atoms with E-state index in [-0.39, 0.29) is 17.7 Å². The monoisotopic (exact) mass is 401 g/mol. The molecule has 2 amide bonds. The smallest absolute Gasteiger partial charge is 0.225 e. The van der Waals surface area contributed by atoms with E-state index in [9.17, 15) is 9.59 Å². The number of hydrogen-bond donors (Lipinski definition) is 1. The lowest BCUT2D eigenvalue weighted by molar-refractivity contribution is -0.138. The molecule has 1 unspecified atom stereocenters. The molecule has 2 aliphatic rings. The minimum atomic E-state index is 0.00168. The summed E-state index contributed by atoms with van der Waals surface area (Å²) < 4.78 is 0. The van der Waals surface area contributed by atoms with Crippen LogP contribution in [-0.4, -0.2) is 83.9 Å². The van der Waals surface area contributed by atoms with Crippen LogP contribution in [0.2, 0.25) is 0 Å². The van der Waals surface area contributed by atoms with Gasteiger partial charge in [0.15, 0.2) is 0 Å². The maximum atomic E-state index is 13.1. The molecule has 0 spiro atoms. The number of carbonyl (C=O) groups is 2. The Balaban J connectivity index is 1.58. The predicted octanol–water partition coefficient (Wildman–Crippen LogP) is 1.35. The summed E-state index contributed by atoms with van der Waals surface area (Å²) in [6.07, 6.45) is 6.75. The van der Waals surface area contributed by atoms with Gasteiger partial charge in [0, 0.05) is 70.5 Å². The van der Waals surface area contributed by atoms with Crippen molar-refractivity contribution < 1.29 is 9.59 Å². The highest BCUT2D eigenvalue weighted by Gasteiger charge is 2.27. The predicted molar refractivity (Wildman–Crippen MR) is 113 cm³/mol. The summed E-state index contributed by atoms with van der Waals surface area (Å²) in [5, 5.41) is 3.01. The average Bonchev–Trinajstić information content (AvgIpc) is 2.80. The lowest BCUT2D eigenvalue weighted by Crippen LogP contribution is -2.50. The van der Waals surface area contributed by atoms with E-state index in [1.807, 2.05) is 17.2 Å². The molecule has 29 heavy (non-hydrogen) atoms. The number of likely N-dealkylation sites (N-methyl/N-ethyl adjacent to an activating group) is 1. The number of amides is 2. The van der Waals surface area contributed by atoms with E-state index in [1.165, 1.54) is 0 Å². The van der Waals surface area contributed by atoms with Crippen molar-refractivity contribution in [3.63, 3.8) is 0 Å². The van der Waals surface area contributed by atoms with Crippen molar-refractivity contribution in [2.24, 2.45) is 5.92 Å². The van der Waals surface area contributed by atoms with Crippen molar-refractivity contribution in [3.8, 4) is 0 Å². The minimum Gasteiger partial charge on any atom is -0.356 e. The molecule has 1 atom stereocenters. The molecule has 0 saturated carbocycles. The van der Waals surface area contributed by atoms with Gasteiger partial charge in [-0.15, -0.1) is 0 Å². The summed E-state index contributed by atoms with van der Waals surface area (Å²) in [4.78, 5) is 36.3. The van der Waals surface area contributed by atoms with E-state index in [1.54, 1.807) is 6.20 Å². The van der Waals surface area contributed by atoms with Gasteiger partial charge in [-0.05, 0) is 44.0 Å². The number of piperazine rings is 1. The maximum absolute atomic E-state index is 13.1. The fourth-order valence-electron chi connectivity index (χ4n) is 4.25. The Kier molecular flexibility index (Phi) is 8.43. The summed E-state index contributed by atoms with van der Waals surface area (Å²) in [5.74, 6) is 0.348. The first-order chi connectivity index (χ1) is 14.2. The van der Waals surface area contributed by atoms with Crippen LogP contribution in [0.15, 0.2) is 24.5 Å². The van der Waals surface area contributed by atoms with E-state index in [0.717, 1.165) is 77.2 Å². The molecular formula is C22H35N5O2. The van der Waals surface area contributed by atoms with Crippen molar-refractivity contribution in [3.05, 3.63) is 30.1 Å². The van der Waals surface area contributed by atoms with Gasteiger partial charge in [-0.3, -0.25) is 19.5 Å². The Labute approximate surface area is 174 Å². The zero-order valence-electron chi connectivity index (χ0n) is 17.7. The van der Waals surface area contributed by atoms with Gasteiger partial charge < -0.3 is 15.1 Å². The molecule has 1 N–H and O–H groups in total. The van der Waals surface area contributed by atoms with E-state index in [0.29, 0.717) is 13.0 Å². The lowest BCUT2D eigenvalue weighted by Gasteiger charge is -2.36. The van der Waals surface area contributed by atoms with Crippen LogP contribution in [0.4, 0.5) is 0 Å². The van der Waals surface area contributed by atoms with Gasteiger partial charge in [0.05, 0.1) is 0 Å². The molecule has 0 bridgehead atoms. The Morgan fingerprint density at radius 1 is 1.14 bits per heavy atom. The van der Waals surface area contributed by atoms with Crippen molar-refractivity contribution in [1.29, 1.82) is 0 Å². The molecular weight excluding hydrogens is 366 g/mol. The second-order valence-electron chi connectivity index (χ2n) is 8.12. The van der Waals surface area contributed by atoms with E-state index >= 15 is 0 Å². The van der Waals surface area contributed by atoms with Crippen LogP contribution in [0, 0.1) is 5.92 Å². The Hall–Kier alpha value is -1.99. The summed E-state index contributed by atoms with van der Waals surface area (Å²) in [6.45, 7) is 9.80. The first-order valence-corrected chi connectivity index (χ1v) is 11.0. The van der Waals surface area contributed by atoms with Crippen molar-refractivity contribution in [1.82, 2.24) is 25.0 Å². The van der Waals surface area contributed by atoms with Crippen LogP contribution in [0.3, 0.4) is 0 Å². The number of nitrogens with one attached hydrogen (secondary N) is 1. The molecule has 7 nitrogen and oxygen atoms in total. The van der Waals surface area contributed by atoms with Gasteiger partial charge in [0.25, 0.3) is 0 Å². The molecule has 1 aromatic rings. The lowest BCUT2D eigenvalue weighted by atomic mass is 9.97. The SMILES string of the molecule is CCN1CCN(C(=O)C2CCCN(Cc3cccnc3)CCC(=O)NCC2)CC1. The van der Waals surface area contributed by atoms with Crippen molar-refractivity contribution in [2.45, 2.75) is 39.2 Å². The van der Waals surface area contributed by atoms with Crippen molar-refractivity contribution in [2.75, 3.05) is 52.4 Å². The molecule has 2 aliphatic heterocycles. The molecule has 3 rings (SSSR count). The third kappa shape index (κ3) is 6.78. The number of carbonyl (C=O) groups excluding carboxylic acids is 2.